The van der Waals surface area contributed by atoms with Gasteiger partial charge in [-0.3, -0.25) is 0 Å². The molecule has 4 heteroatoms. The van der Waals surface area contributed by atoms with Crippen molar-refractivity contribution in [3.8, 4) is 0 Å². The number of hydrogen-bond acceptors (Lipinski definition) is 0. The van der Waals surface area contributed by atoms with Crippen molar-refractivity contribution in [2.24, 2.45) is 0 Å². The number of aryl methyl sites for hydroxylation is 2. The van der Waals surface area contributed by atoms with Gasteiger partial charge in [0.15, 0.2) is 0 Å². The van der Waals surface area contributed by atoms with Crippen LogP contribution in [0.1, 0.15) is 73.6 Å². The average molecular weight is 674 g/mol. The second-order valence-electron chi connectivity index (χ2n) is 9.94. The van der Waals surface area contributed by atoms with Crippen LogP contribution in [0.3, 0.4) is 0 Å². The Morgan fingerprint density at radius 3 is 1.44 bits per heavy atom. The molecular weight excluding hydrogens is 638 g/mol. The molecule has 2 saturated carbocycles. The Labute approximate surface area is 220 Å². The summed E-state index contributed by atoms with van der Waals surface area (Å²) >= 11 is -1.78. The van der Waals surface area contributed by atoms with E-state index < -0.39 is 17.7 Å². The zero-order valence-electron chi connectivity index (χ0n) is 20.9. The molecule has 0 saturated heterocycles. The van der Waals surface area contributed by atoms with Crippen LogP contribution in [0.15, 0.2) is 60.7 Å². The van der Waals surface area contributed by atoms with E-state index in [1.165, 1.54) is 58.4 Å². The van der Waals surface area contributed by atoms with E-state index in [4.69, 9.17) is 17.2 Å². The van der Waals surface area contributed by atoms with Crippen LogP contribution in [0.25, 0.3) is 21.5 Å². The second-order valence-corrected chi connectivity index (χ2v) is 41.6. The molecule has 0 bridgehead atoms. The van der Waals surface area contributed by atoms with E-state index in [2.05, 4.69) is 87.6 Å². The standard InChI is InChI=1S/2C14H15.C2H6Si.2ClH.Hf/c2*1-2-10-8-12-4-3-5-13(11-6-7-11)14(12)9-10;1-3-2;;;/h2*3-5,8-9,11H,2,6-7H2,1H3;1-2H3;2*1H;/q2*-1;;;;+2/p-2. The molecule has 0 radical (unpaired) electrons. The van der Waals surface area contributed by atoms with E-state index in [-0.39, 0.29) is 5.49 Å². The first-order valence-electron chi connectivity index (χ1n) is 12.8. The van der Waals surface area contributed by atoms with Crippen LogP contribution in [0, 0.1) is 0 Å². The molecule has 2 fully saturated rings. The summed E-state index contributed by atoms with van der Waals surface area (Å²) in [5.74, 6) is 1.73. The van der Waals surface area contributed by atoms with E-state index >= 15 is 0 Å². The number of hydrogen-bond donors (Lipinski definition) is 0. The third-order valence-electron chi connectivity index (χ3n) is 6.92. The molecule has 34 heavy (non-hydrogen) atoms. The summed E-state index contributed by atoms with van der Waals surface area (Å²) in [4.78, 5) is 0. The predicted octanol–water partition coefficient (Wildman–Crippen LogP) is 10.2. The molecule has 0 aromatic heterocycles. The third kappa shape index (κ3) is 6.75. The topological polar surface area (TPSA) is 0 Å². The Kier molecular flexibility index (Phi) is 9.35. The number of fused-ring (bicyclic) bond motifs is 2. The van der Waals surface area contributed by atoms with Crippen LogP contribution in [0.5, 0.6) is 0 Å². The van der Waals surface area contributed by atoms with Gasteiger partial charge in [-0.05, 0) is 50.4 Å². The fourth-order valence-electron chi connectivity index (χ4n) is 4.55. The maximum absolute atomic E-state index is 5.64. The van der Waals surface area contributed by atoms with Crippen LogP contribution in [0.4, 0.5) is 0 Å². The minimum absolute atomic E-state index is 0.208. The SMILES string of the molecule is CCc1cc2c(C3CC3)cccc2[cH-]1.CCc1cc2c(C3CC3)cccc2[cH-]1.C[Si](C)=[Hf]([Cl])[Cl]. The summed E-state index contributed by atoms with van der Waals surface area (Å²) in [6.07, 6.45) is 7.88. The maximum atomic E-state index is 5.64. The van der Waals surface area contributed by atoms with E-state index in [1.807, 2.05) is 0 Å². The van der Waals surface area contributed by atoms with Crippen molar-refractivity contribution in [1.82, 2.24) is 0 Å². The van der Waals surface area contributed by atoms with E-state index in [9.17, 15) is 0 Å². The average Bonchev–Trinajstić information content (AvgIpc) is 3.77. The molecule has 0 N–H and O–H groups in total. The molecule has 2 aliphatic carbocycles. The van der Waals surface area contributed by atoms with Gasteiger partial charge < -0.3 is 0 Å². The van der Waals surface area contributed by atoms with Crippen molar-refractivity contribution in [2.75, 3.05) is 0 Å². The van der Waals surface area contributed by atoms with Crippen molar-refractivity contribution in [1.29, 1.82) is 0 Å². The fourth-order valence-corrected chi connectivity index (χ4v) is 4.55. The fraction of sp³-hybridized carbons (Fsp3) is 0.400. The van der Waals surface area contributed by atoms with E-state index in [0.29, 0.717) is 0 Å². The summed E-state index contributed by atoms with van der Waals surface area (Å²) in [6, 6.07) is 22.9. The van der Waals surface area contributed by atoms with Gasteiger partial charge in [-0.25, -0.2) is 0 Å². The van der Waals surface area contributed by atoms with Gasteiger partial charge in [-0.1, -0.05) is 37.1 Å². The van der Waals surface area contributed by atoms with Gasteiger partial charge in [0, 0.05) is 0 Å². The van der Waals surface area contributed by atoms with Crippen LogP contribution in [-0.2, 0) is 30.5 Å². The zero-order chi connectivity index (χ0) is 24.2. The monoisotopic (exact) mass is 674 g/mol. The first-order chi connectivity index (χ1) is 16.4. The third-order valence-corrected chi connectivity index (χ3v) is 34.4. The molecule has 0 aliphatic heterocycles. The van der Waals surface area contributed by atoms with Crippen LogP contribution >= 0.6 is 17.2 Å². The molecule has 0 unspecified atom stereocenters. The Balaban J connectivity index is 0.000000132. The predicted molar refractivity (Wildman–Crippen MR) is 151 cm³/mol. The van der Waals surface area contributed by atoms with Gasteiger partial charge in [0.25, 0.3) is 0 Å². The summed E-state index contributed by atoms with van der Waals surface area (Å²) in [5.41, 5.74) is 5.92. The van der Waals surface area contributed by atoms with Gasteiger partial charge in [0.05, 0.1) is 0 Å². The first-order valence-corrected chi connectivity index (χ1v) is 29.5. The number of benzene rings is 2. The molecule has 0 amide bonds. The molecule has 0 spiro atoms. The van der Waals surface area contributed by atoms with Crippen LogP contribution < -0.4 is 0 Å². The quantitative estimate of drug-likeness (QED) is 0.149. The Bertz CT molecular complexity index is 1180. The zero-order valence-corrected chi connectivity index (χ0v) is 27.0. The van der Waals surface area contributed by atoms with E-state index in [1.54, 1.807) is 11.1 Å². The van der Waals surface area contributed by atoms with Gasteiger partial charge in [-0.2, -0.15) is 12.1 Å². The summed E-state index contributed by atoms with van der Waals surface area (Å²) in [5, 5.41) is 5.89. The molecule has 6 rings (SSSR count). The molecule has 0 nitrogen and oxygen atoms in total. The van der Waals surface area contributed by atoms with Crippen molar-refractivity contribution in [2.45, 2.75) is 77.3 Å². The van der Waals surface area contributed by atoms with Crippen molar-refractivity contribution in [3.05, 3.63) is 82.9 Å². The van der Waals surface area contributed by atoms with E-state index in [0.717, 1.165) is 24.7 Å². The summed E-state index contributed by atoms with van der Waals surface area (Å²) in [6.45, 7) is 8.80. The van der Waals surface area contributed by atoms with Crippen molar-refractivity contribution in [3.63, 3.8) is 0 Å². The Morgan fingerprint density at radius 1 is 0.765 bits per heavy atom. The molecule has 0 heterocycles. The molecule has 0 atom stereocenters. The molecular formula is C30H36Cl2HfSi-2. The number of rotatable bonds is 4. The molecule has 4 aromatic rings. The van der Waals surface area contributed by atoms with Crippen molar-refractivity contribution < 1.29 is 17.7 Å². The second kappa shape index (κ2) is 12.0. The Morgan fingerprint density at radius 2 is 1.15 bits per heavy atom. The van der Waals surface area contributed by atoms with Gasteiger partial charge in [-0.15, -0.1) is 69.1 Å². The normalized spacial score (nSPS) is 14.9. The Hall–Kier alpha value is -0.673. The summed E-state index contributed by atoms with van der Waals surface area (Å²) in [7, 11) is 11.3. The van der Waals surface area contributed by atoms with Crippen molar-refractivity contribution >= 4 is 44.2 Å². The molecule has 180 valence electrons. The summed E-state index contributed by atoms with van der Waals surface area (Å²) < 4.78 is 0. The van der Waals surface area contributed by atoms with Gasteiger partial charge in [0.2, 0.25) is 0 Å². The molecule has 2 aliphatic rings. The van der Waals surface area contributed by atoms with Crippen LogP contribution in [-0.4, -0.2) is 5.49 Å². The van der Waals surface area contributed by atoms with Crippen LogP contribution in [0.2, 0.25) is 13.1 Å². The van der Waals surface area contributed by atoms with Gasteiger partial charge >= 0.3 is 53.4 Å². The minimum atomic E-state index is -1.78. The van der Waals surface area contributed by atoms with Gasteiger partial charge in [0.1, 0.15) is 0 Å². The molecule has 4 aromatic carbocycles. The first kappa shape index (κ1) is 26.4. The number of halogens is 2.